The molecule has 2 aliphatic rings. The van der Waals surface area contributed by atoms with Crippen LogP contribution in [0.15, 0.2) is 24.3 Å². The van der Waals surface area contributed by atoms with Gasteiger partial charge in [0.1, 0.15) is 6.10 Å². The SMILES string of the molecule is C=C(C)C1CCC2(C)CC(OC(=O)CC(C)(C)O)CC(=C)C2C1. The topological polar surface area (TPSA) is 46.5 Å². The lowest BCUT2D eigenvalue weighted by molar-refractivity contribution is -0.157. The molecule has 0 bridgehead atoms. The number of carbonyl (C=O) groups excluding carboxylic acids is 1. The molecular formula is C20H32O3. The summed E-state index contributed by atoms with van der Waals surface area (Å²) < 4.78 is 5.65. The van der Waals surface area contributed by atoms with Crippen molar-refractivity contribution in [1.82, 2.24) is 0 Å². The van der Waals surface area contributed by atoms with Crippen molar-refractivity contribution in [2.45, 2.75) is 77.9 Å². The third-order valence-corrected chi connectivity index (χ3v) is 5.67. The molecule has 130 valence electrons. The predicted octanol–water partition coefficient (Wildman–Crippen LogP) is 4.41. The van der Waals surface area contributed by atoms with Crippen LogP contribution in [0.1, 0.15) is 66.2 Å². The van der Waals surface area contributed by atoms with Crippen molar-refractivity contribution in [3.8, 4) is 0 Å². The second-order valence-electron chi connectivity index (χ2n) is 8.69. The van der Waals surface area contributed by atoms with Crippen LogP contribution in [0.5, 0.6) is 0 Å². The summed E-state index contributed by atoms with van der Waals surface area (Å²) in [4.78, 5) is 12.0. The summed E-state index contributed by atoms with van der Waals surface area (Å²) in [5, 5.41) is 9.76. The van der Waals surface area contributed by atoms with Crippen molar-refractivity contribution < 1.29 is 14.6 Å². The maximum absolute atomic E-state index is 12.0. The molecule has 0 amide bonds. The van der Waals surface area contributed by atoms with E-state index in [1.165, 1.54) is 17.6 Å². The Kier molecular flexibility index (Phi) is 5.10. The Bertz CT molecular complexity index is 500. The van der Waals surface area contributed by atoms with Crippen molar-refractivity contribution in [3.63, 3.8) is 0 Å². The molecule has 1 N–H and O–H groups in total. The van der Waals surface area contributed by atoms with Crippen LogP contribution in [0, 0.1) is 17.3 Å². The highest BCUT2D eigenvalue weighted by Crippen LogP contribution is 2.54. The molecule has 4 unspecified atom stereocenters. The first-order valence-electron chi connectivity index (χ1n) is 8.75. The molecule has 0 aromatic rings. The predicted molar refractivity (Wildman–Crippen MR) is 92.9 cm³/mol. The first-order valence-corrected chi connectivity index (χ1v) is 8.75. The molecule has 4 atom stereocenters. The molecule has 0 aromatic heterocycles. The van der Waals surface area contributed by atoms with Crippen molar-refractivity contribution >= 4 is 5.97 Å². The van der Waals surface area contributed by atoms with Crippen LogP contribution in [-0.2, 0) is 9.53 Å². The van der Waals surface area contributed by atoms with E-state index in [0.29, 0.717) is 11.8 Å². The van der Waals surface area contributed by atoms with E-state index in [2.05, 4.69) is 27.0 Å². The van der Waals surface area contributed by atoms with Gasteiger partial charge < -0.3 is 9.84 Å². The number of ether oxygens (including phenoxy) is 1. The summed E-state index contributed by atoms with van der Waals surface area (Å²) in [6.45, 7) is 16.1. The van der Waals surface area contributed by atoms with E-state index in [9.17, 15) is 9.90 Å². The summed E-state index contributed by atoms with van der Waals surface area (Å²) in [6.07, 6.45) is 5.02. The Hall–Kier alpha value is -1.09. The molecule has 2 fully saturated rings. The summed E-state index contributed by atoms with van der Waals surface area (Å²) in [6, 6.07) is 0. The monoisotopic (exact) mass is 320 g/mol. The van der Waals surface area contributed by atoms with E-state index >= 15 is 0 Å². The van der Waals surface area contributed by atoms with E-state index in [1.807, 2.05) is 0 Å². The van der Waals surface area contributed by atoms with E-state index in [0.717, 1.165) is 25.7 Å². The third kappa shape index (κ3) is 4.47. The van der Waals surface area contributed by atoms with Gasteiger partial charge in [-0.15, -0.1) is 0 Å². The highest BCUT2D eigenvalue weighted by molar-refractivity contribution is 5.70. The van der Waals surface area contributed by atoms with Crippen molar-refractivity contribution in [2.24, 2.45) is 17.3 Å². The fourth-order valence-electron chi connectivity index (χ4n) is 4.41. The first kappa shape index (κ1) is 18.3. The number of fused-ring (bicyclic) bond motifs is 1. The summed E-state index contributed by atoms with van der Waals surface area (Å²) in [7, 11) is 0. The van der Waals surface area contributed by atoms with Gasteiger partial charge in [-0.3, -0.25) is 4.79 Å². The second-order valence-corrected chi connectivity index (χ2v) is 8.69. The van der Waals surface area contributed by atoms with E-state index in [1.54, 1.807) is 13.8 Å². The normalized spacial score (nSPS) is 34.7. The Morgan fingerprint density at radius 3 is 2.70 bits per heavy atom. The van der Waals surface area contributed by atoms with Crippen LogP contribution in [-0.4, -0.2) is 22.8 Å². The highest BCUT2D eigenvalue weighted by atomic mass is 16.5. The van der Waals surface area contributed by atoms with Gasteiger partial charge in [0.2, 0.25) is 0 Å². The van der Waals surface area contributed by atoms with E-state index in [4.69, 9.17) is 4.74 Å². The fraction of sp³-hybridized carbons (Fsp3) is 0.750. The molecule has 3 nitrogen and oxygen atoms in total. The zero-order valence-corrected chi connectivity index (χ0v) is 15.2. The van der Waals surface area contributed by atoms with Crippen LogP contribution >= 0.6 is 0 Å². The van der Waals surface area contributed by atoms with Gasteiger partial charge in [0, 0.05) is 6.42 Å². The molecule has 0 saturated heterocycles. The molecule has 0 aliphatic heterocycles. The Morgan fingerprint density at radius 2 is 2.13 bits per heavy atom. The van der Waals surface area contributed by atoms with Gasteiger partial charge in [-0.25, -0.2) is 0 Å². The number of rotatable bonds is 4. The molecule has 0 heterocycles. The maximum atomic E-state index is 12.0. The van der Waals surface area contributed by atoms with Gasteiger partial charge in [-0.1, -0.05) is 31.2 Å². The first-order chi connectivity index (χ1) is 10.5. The number of allylic oxidation sites excluding steroid dienone is 1. The van der Waals surface area contributed by atoms with Crippen LogP contribution in [0.3, 0.4) is 0 Å². The smallest absolute Gasteiger partial charge is 0.308 e. The minimum absolute atomic E-state index is 0.0356. The molecule has 23 heavy (non-hydrogen) atoms. The molecule has 0 spiro atoms. The largest absolute Gasteiger partial charge is 0.462 e. The standard InChI is InChI=1S/C20H32O3/c1-13(2)15-7-8-20(6)11-16(9-14(3)17(20)10-15)23-18(21)12-19(4,5)22/h15-17,22H,1,3,7-12H2,2,4-6H3. The Labute approximate surface area is 140 Å². The zero-order valence-electron chi connectivity index (χ0n) is 15.2. The number of esters is 1. The molecule has 0 aromatic carbocycles. The van der Waals surface area contributed by atoms with Gasteiger partial charge >= 0.3 is 5.97 Å². The fourth-order valence-corrected chi connectivity index (χ4v) is 4.41. The number of hydrogen-bond donors (Lipinski definition) is 1. The summed E-state index contributed by atoms with van der Waals surface area (Å²) in [5.74, 6) is 0.786. The molecule has 2 aliphatic carbocycles. The van der Waals surface area contributed by atoms with Gasteiger partial charge in [0.05, 0.1) is 12.0 Å². The lowest BCUT2D eigenvalue weighted by Crippen LogP contribution is -2.44. The highest BCUT2D eigenvalue weighted by Gasteiger charge is 2.46. The van der Waals surface area contributed by atoms with Crippen molar-refractivity contribution in [1.29, 1.82) is 0 Å². The lowest BCUT2D eigenvalue weighted by Gasteiger charge is -2.50. The molecule has 3 heteroatoms. The van der Waals surface area contributed by atoms with Gasteiger partial charge in [0.15, 0.2) is 0 Å². The van der Waals surface area contributed by atoms with Crippen molar-refractivity contribution in [2.75, 3.05) is 0 Å². The molecule has 0 radical (unpaired) electrons. The maximum Gasteiger partial charge on any atom is 0.308 e. The van der Waals surface area contributed by atoms with Crippen LogP contribution in [0.4, 0.5) is 0 Å². The molecule has 2 saturated carbocycles. The van der Waals surface area contributed by atoms with Crippen LogP contribution in [0.2, 0.25) is 0 Å². The quantitative estimate of drug-likeness (QED) is 0.616. The average Bonchev–Trinajstić information content (AvgIpc) is 2.34. The Balaban J connectivity index is 2.01. The summed E-state index contributed by atoms with van der Waals surface area (Å²) in [5.41, 5.74) is 1.64. The van der Waals surface area contributed by atoms with E-state index in [-0.39, 0.29) is 23.9 Å². The third-order valence-electron chi connectivity index (χ3n) is 5.67. The zero-order chi connectivity index (χ0) is 17.4. The number of aliphatic hydroxyl groups is 1. The average molecular weight is 320 g/mol. The van der Waals surface area contributed by atoms with Crippen LogP contribution < -0.4 is 0 Å². The van der Waals surface area contributed by atoms with Crippen LogP contribution in [0.25, 0.3) is 0 Å². The molecular weight excluding hydrogens is 288 g/mol. The van der Waals surface area contributed by atoms with Gasteiger partial charge in [-0.05, 0) is 63.7 Å². The minimum Gasteiger partial charge on any atom is -0.462 e. The summed E-state index contributed by atoms with van der Waals surface area (Å²) >= 11 is 0. The van der Waals surface area contributed by atoms with E-state index < -0.39 is 5.60 Å². The Morgan fingerprint density at radius 1 is 1.48 bits per heavy atom. The minimum atomic E-state index is -1.02. The number of carbonyl (C=O) groups is 1. The van der Waals surface area contributed by atoms with Gasteiger partial charge in [-0.2, -0.15) is 0 Å². The number of hydrogen-bond acceptors (Lipinski definition) is 3. The van der Waals surface area contributed by atoms with Gasteiger partial charge in [0.25, 0.3) is 0 Å². The molecule has 2 rings (SSSR count). The van der Waals surface area contributed by atoms with Crippen molar-refractivity contribution in [3.05, 3.63) is 24.3 Å². The lowest BCUT2D eigenvalue weighted by atomic mass is 9.56. The second kappa shape index (κ2) is 6.43.